The van der Waals surface area contributed by atoms with Crippen molar-refractivity contribution in [2.24, 2.45) is 5.41 Å². The smallest absolute Gasteiger partial charge is 0.0257 e. The zero-order chi connectivity index (χ0) is 6.32. The summed E-state index contributed by atoms with van der Waals surface area (Å²) in [5.41, 5.74) is 0.689. The first-order valence-corrected chi connectivity index (χ1v) is 3.75. The molecule has 1 spiro atoms. The molecule has 9 heavy (non-hydrogen) atoms. The fourth-order valence-electron chi connectivity index (χ4n) is 1.90. The number of likely N-dealkylation sites (N-methyl/N-ethyl adjacent to an activating group) is 1. The summed E-state index contributed by atoms with van der Waals surface area (Å²) in [5, 5.41) is 6.77. The topological polar surface area (TPSA) is 24.1 Å². The Kier molecular flexibility index (Phi) is 1.08. The first-order valence-electron chi connectivity index (χ1n) is 3.75. The Hall–Kier alpha value is -0.0800. The van der Waals surface area contributed by atoms with Gasteiger partial charge in [0.1, 0.15) is 0 Å². The third-order valence-corrected chi connectivity index (χ3v) is 2.81. The molecule has 1 aliphatic carbocycles. The summed E-state index contributed by atoms with van der Waals surface area (Å²) >= 11 is 0. The molecule has 0 aromatic carbocycles. The molecule has 0 amide bonds. The van der Waals surface area contributed by atoms with Gasteiger partial charge in [0.05, 0.1) is 0 Å². The minimum atomic E-state index is 0.689. The van der Waals surface area contributed by atoms with Gasteiger partial charge in [0.2, 0.25) is 0 Å². The second-order valence-corrected chi connectivity index (χ2v) is 3.33. The van der Waals surface area contributed by atoms with Gasteiger partial charge >= 0.3 is 0 Å². The van der Waals surface area contributed by atoms with E-state index in [-0.39, 0.29) is 0 Å². The van der Waals surface area contributed by atoms with Crippen LogP contribution in [-0.4, -0.2) is 26.2 Å². The highest BCUT2D eigenvalue weighted by molar-refractivity contribution is 5.08. The number of hydrogen-bond donors (Lipinski definition) is 2. The monoisotopic (exact) mass is 126 g/mol. The first-order chi connectivity index (χ1) is 4.37. The Bertz CT molecular complexity index is 118. The van der Waals surface area contributed by atoms with Crippen molar-refractivity contribution in [3.8, 4) is 0 Å². The molecule has 1 aliphatic heterocycles. The van der Waals surface area contributed by atoms with Crippen LogP contribution in [0.1, 0.15) is 12.8 Å². The van der Waals surface area contributed by atoms with E-state index in [0.717, 1.165) is 6.04 Å². The van der Waals surface area contributed by atoms with Crippen LogP contribution < -0.4 is 10.6 Å². The molecule has 0 aromatic heterocycles. The van der Waals surface area contributed by atoms with E-state index in [4.69, 9.17) is 0 Å². The largest absolute Gasteiger partial charge is 0.315 e. The Labute approximate surface area is 56.0 Å². The van der Waals surface area contributed by atoms with Crippen LogP contribution in [-0.2, 0) is 0 Å². The van der Waals surface area contributed by atoms with E-state index in [1.165, 1.54) is 25.9 Å². The lowest BCUT2D eigenvalue weighted by atomic mass is 10.0. The summed E-state index contributed by atoms with van der Waals surface area (Å²) in [7, 11) is 2.07. The highest BCUT2D eigenvalue weighted by atomic mass is 15.1. The maximum Gasteiger partial charge on any atom is 0.0257 e. The minimum absolute atomic E-state index is 0.689. The molecular formula is C7H14N2. The maximum atomic E-state index is 3.41. The van der Waals surface area contributed by atoms with E-state index < -0.39 is 0 Å². The van der Waals surface area contributed by atoms with Gasteiger partial charge in [0, 0.05) is 19.1 Å². The predicted octanol–water partition coefficient (Wildman–Crippen LogP) is -0.0422. The minimum Gasteiger partial charge on any atom is -0.315 e. The van der Waals surface area contributed by atoms with Crippen LogP contribution in [0, 0.1) is 5.41 Å². The lowest BCUT2D eigenvalue weighted by Crippen LogP contribution is -2.33. The van der Waals surface area contributed by atoms with E-state index in [1.54, 1.807) is 0 Å². The molecule has 2 heteroatoms. The predicted molar refractivity (Wildman–Crippen MR) is 37.4 cm³/mol. The SMILES string of the molecule is CNC1CNCC12CC2. The highest BCUT2D eigenvalue weighted by Crippen LogP contribution is 2.50. The quantitative estimate of drug-likeness (QED) is 0.515. The summed E-state index contributed by atoms with van der Waals surface area (Å²) in [6.07, 6.45) is 2.87. The van der Waals surface area contributed by atoms with Gasteiger partial charge in [0.25, 0.3) is 0 Å². The molecule has 0 bridgehead atoms. The molecule has 2 N–H and O–H groups in total. The molecule has 1 atom stereocenters. The molecule has 2 fully saturated rings. The fourth-order valence-corrected chi connectivity index (χ4v) is 1.90. The van der Waals surface area contributed by atoms with Gasteiger partial charge in [-0.3, -0.25) is 0 Å². The molecule has 1 saturated heterocycles. The third-order valence-electron chi connectivity index (χ3n) is 2.81. The summed E-state index contributed by atoms with van der Waals surface area (Å²) in [4.78, 5) is 0. The van der Waals surface area contributed by atoms with Crippen molar-refractivity contribution in [3.05, 3.63) is 0 Å². The maximum absolute atomic E-state index is 3.41. The lowest BCUT2D eigenvalue weighted by molar-refractivity contribution is 0.437. The summed E-state index contributed by atoms with van der Waals surface area (Å²) in [5.74, 6) is 0. The Balaban J connectivity index is 2.05. The van der Waals surface area contributed by atoms with Gasteiger partial charge in [-0.05, 0) is 25.3 Å². The average Bonchev–Trinajstić information content (AvgIpc) is 2.45. The fraction of sp³-hybridized carbons (Fsp3) is 1.00. The van der Waals surface area contributed by atoms with Crippen LogP contribution >= 0.6 is 0 Å². The Morgan fingerprint density at radius 1 is 1.56 bits per heavy atom. The van der Waals surface area contributed by atoms with Crippen LogP contribution in [0.25, 0.3) is 0 Å². The highest BCUT2D eigenvalue weighted by Gasteiger charge is 2.51. The van der Waals surface area contributed by atoms with E-state index in [2.05, 4.69) is 17.7 Å². The molecular weight excluding hydrogens is 112 g/mol. The van der Waals surface area contributed by atoms with Crippen molar-refractivity contribution < 1.29 is 0 Å². The molecule has 1 saturated carbocycles. The lowest BCUT2D eigenvalue weighted by Gasteiger charge is -2.14. The van der Waals surface area contributed by atoms with Crippen molar-refractivity contribution in [2.75, 3.05) is 20.1 Å². The average molecular weight is 126 g/mol. The number of nitrogens with one attached hydrogen (secondary N) is 2. The van der Waals surface area contributed by atoms with Gasteiger partial charge in [-0.2, -0.15) is 0 Å². The van der Waals surface area contributed by atoms with E-state index >= 15 is 0 Å². The van der Waals surface area contributed by atoms with Crippen molar-refractivity contribution in [2.45, 2.75) is 18.9 Å². The molecule has 1 unspecified atom stereocenters. The second-order valence-electron chi connectivity index (χ2n) is 3.33. The normalized spacial score (nSPS) is 37.7. The summed E-state index contributed by atoms with van der Waals surface area (Å²) in [6.45, 7) is 2.43. The zero-order valence-electron chi connectivity index (χ0n) is 5.91. The van der Waals surface area contributed by atoms with Gasteiger partial charge in [-0.15, -0.1) is 0 Å². The van der Waals surface area contributed by atoms with Crippen LogP contribution in [0.2, 0.25) is 0 Å². The summed E-state index contributed by atoms with van der Waals surface area (Å²) < 4.78 is 0. The van der Waals surface area contributed by atoms with Crippen LogP contribution in [0.15, 0.2) is 0 Å². The van der Waals surface area contributed by atoms with Crippen LogP contribution in [0.3, 0.4) is 0 Å². The zero-order valence-corrected chi connectivity index (χ0v) is 5.91. The van der Waals surface area contributed by atoms with E-state index in [1.807, 2.05) is 0 Å². The number of hydrogen-bond acceptors (Lipinski definition) is 2. The molecule has 52 valence electrons. The van der Waals surface area contributed by atoms with Crippen molar-refractivity contribution in [3.63, 3.8) is 0 Å². The summed E-state index contributed by atoms with van der Waals surface area (Å²) in [6, 6.07) is 0.762. The standard InChI is InChI=1S/C7H14N2/c1-8-6-4-9-5-7(6)2-3-7/h6,8-9H,2-5H2,1H3. The second kappa shape index (κ2) is 1.70. The van der Waals surface area contributed by atoms with E-state index in [9.17, 15) is 0 Å². The number of rotatable bonds is 1. The molecule has 1 heterocycles. The van der Waals surface area contributed by atoms with Gasteiger partial charge in [0.15, 0.2) is 0 Å². The third kappa shape index (κ3) is 0.700. The van der Waals surface area contributed by atoms with Crippen LogP contribution in [0.4, 0.5) is 0 Å². The molecule has 2 aliphatic rings. The molecule has 0 aromatic rings. The van der Waals surface area contributed by atoms with Crippen molar-refractivity contribution in [1.29, 1.82) is 0 Å². The molecule has 0 radical (unpaired) electrons. The van der Waals surface area contributed by atoms with Crippen molar-refractivity contribution >= 4 is 0 Å². The Morgan fingerprint density at radius 3 is 2.78 bits per heavy atom. The molecule has 2 nitrogen and oxygen atoms in total. The van der Waals surface area contributed by atoms with Crippen LogP contribution in [0.5, 0.6) is 0 Å². The van der Waals surface area contributed by atoms with Gasteiger partial charge < -0.3 is 10.6 Å². The van der Waals surface area contributed by atoms with Gasteiger partial charge in [-0.25, -0.2) is 0 Å². The Morgan fingerprint density at radius 2 is 2.33 bits per heavy atom. The first kappa shape index (κ1) is 5.69. The van der Waals surface area contributed by atoms with Crippen molar-refractivity contribution in [1.82, 2.24) is 10.6 Å². The molecule has 2 rings (SSSR count). The van der Waals surface area contributed by atoms with E-state index in [0.29, 0.717) is 5.41 Å². The van der Waals surface area contributed by atoms with Gasteiger partial charge in [-0.1, -0.05) is 0 Å².